The summed E-state index contributed by atoms with van der Waals surface area (Å²) < 4.78 is 0. The van der Waals surface area contributed by atoms with Crippen molar-refractivity contribution in [2.75, 3.05) is 0 Å². The lowest BCUT2D eigenvalue weighted by atomic mass is 10.0. The summed E-state index contributed by atoms with van der Waals surface area (Å²) in [6, 6.07) is 8.38. The van der Waals surface area contributed by atoms with Crippen molar-refractivity contribution in [2.45, 2.75) is 33.1 Å². The van der Waals surface area contributed by atoms with Crippen molar-refractivity contribution in [3.63, 3.8) is 0 Å². The van der Waals surface area contributed by atoms with E-state index in [0.717, 1.165) is 23.8 Å². The summed E-state index contributed by atoms with van der Waals surface area (Å²) in [4.78, 5) is 10.5. The third-order valence-corrected chi connectivity index (χ3v) is 2.35. The maximum Gasteiger partial charge on any atom is 0.145 e. The van der Waals surface area contributed by atoms with Gasteiger partial charge in [0, 0.05) is 0 Å². The zero-order valence-corrected chi connectivity index (χ0v) is 9.49. The molecule has 0 N–H and O–H groups in total. The van der Waals surface area contributed by atoms with E-state index in [1.165, 1.54) is 18.4 Å². The molecule has 0 saturated heterocycles. The first-order chi connectivity index (χ1) is 7.26. The second-order valence-corrected chi connectivity index (χ2v) is 3.85. The topological polar surface area (TPSA) is 17.1 Å². The first-order valence-corrected chi connectivity index (χ1v) is 5.48. The molecule has 1 nitrogen and oxygen atoms in total. The van der Waals surface area contributed by atoms with E-state index in [1.807, 2.05) is 19.1 Å². The predicted molar refractivity (Wildman–Crippen MR) is 64.8 cm³/mol. The number of aryl methyl sites for hydroxylation is 1. The summed E-state index contributed by atoms with van der Waals surface area (Å²) in [7, 11) is 0. The van der Waals surface area contributed by atoms with Gasteiger partial charge in [0.15, 0.2) is 0 Å². The molecule has 0 radical (unpaired) electrons. The predicted octanol–water partition coefficient (Wildman–Crippen LogP) is 3.63. The van der Waals surface area contributed by atoms with Crippen molar-refractivity contribution >= 4 is 12.4 Å². The minimum atomic E-state index is 0.766. The fourth-order valence-electron chi connectivity index (χ4n) is 1.52. The number of aldehydes is 1. The van der Waals surface area contributed by atoms with E-state index < -0.39 is 0 Å². The van der Waals surface area contributed by atoms with Crippen LogP contribution in [0, 0.1) is 0 Å². The van der Waals surface area contributed by atoms with Gasteiger partial charge >= 0.3 is 0 Å². The highest BCUT2D eigenvalue weighted by molar-refractivity contribution is 5.80. The Balaban J connectivity index is 2.78. The minimum Gasteiger partial charge on any atom is -0.298 e. The summed E-state index contributed by atoms with van der Waals surface area (Å²) in [5, 5.41) is 0. The molecule has 15 heavy (non-hydrogen) atoms. The Labute approximate surface area is 91.8 Å². The second-order valence-electron chi connectivity index (χ2n) is 3.85. The SMILES string of the molecule is CCCCc1cccc(C=C(C)C=O)c1. The Morgan fingerprint density at radius 2 is 2.20 bits per heavy atom. The van der Waals surface area contributed by atoms with Crippen LogP contribution < -0.4 is 0 Å². The van der Waals surface area contributed by atoms with E-state index in [0.29, 0.717) is 0 Å². The van der Waals surface area contributed by atoms with E-state index in [-0.39, 0.29) is 0 Å². The van der Waals surface area contributed by atoms with E-state index in [9.17, 15) is 4.79 Å². The third kappa shape index (κ3) is 4.11. The molecular weight excluding hydrogens is 184 g/mol. The normalized spacial score (nSPS) is 11.5. The van der Waals surface area contributed by atoms with Gasteiger partial charge in [-0.15, -0.1) is 0 Å². The highest BCUT2D eigenvalue weighted by Gasteiger charge is 1.94. The molecule has 0 aliphatic carbocycles. The molecule has 80 valence electrons. The van der Waals surface area contributed by atoms with Crippen LogP contribution in [0.1, 0.15) is 37.8 Å². The lowest BCUT2D eigenvalue weighted by Gasteiger charge is -2.01. The lowest BCUT2D eigenvalue weighted by Crippen LogP contribution is -1.86. The minimum absolute atomic E-state index is 0.766. The number of unbranched alkanes of at least 4 members (excludes halogenated alkanes) is 1. The first kappa shape index (κ1) is 11.7. The van der Waals surface area contributed by atoms with Gasteiger partial charge in [0.05, 0.1) is 0 Å². The molecule has 1 aromatic rings. The van der Waals surface area contributed by atoms with Crippen LogP contribution in [0.25, 0.3) is 6.08 Å². The number of benzene rings is 1. The van der Waals surface area contributed by atoms with Gasteiger partial charge in [-0.3, -0.25) is 4.79 Å². The Bertz CT molecular complexity index is 350. The van der Waals surface area contributed by atoms with E-state index in [1.54, 1.807) is 0 Å². The number of carbonyl (C=O) groups excluding carboxylic acids is 1. The maximum absolute atomic E-state index is 10.5. The van der Waals surface area contributed by atoms with Gasteiger partial charge in [-0.25, -0.2) is 0 Å². The molecule has 0 unspecified atom stereocenters. The fraction of sp³-hybridized carbons (Fsp3) is 0.357. The van der Waals surface area contributed by atoms with E-state index in [2.05, 4.69) is 25.1 Å². The molecule has 1 aromatic carbocycles. The van der Waals surface area contributed by atoms with Crippen LogP contribution in [-0.2, 0) is 11.2 Å². The second kappa shape index (κ2) is 6.18. The van der Waals surface area contributed by atoms with Gasteiger partial charge in [0.25, 0.3) is 0 Å². The van der Waals surface area contributed by atoms with Crippen LogP contribution in [-0.4, -0.2) is 6.29 Å². The molecule has 0 atom stereocenters. The summed E-state index contributed by atoms with van der Waals surface area (Å²) in [5.41, 5.74) is 3.24. The zero-order valence-electron chi connectivity index (χ0n) is 9.49. The molecule has 0 fully saturated rings. The van der Waals surface area contributed by atoms with E-state index in [4.69, 9.17) is 0 Å². The first-order valence-electron chi connectivity index (χ1n) is 5.48. The van der Waals surface area contributed by atoms with Crippen LogP contribution in [0.5, 0.6) is 0 Å². The highest BCUT2D eigenvalue weighted by Crippen LogP contribution is 2.11. The molecule has 1 heteroatoms. The maximum atomic E-state index is 10.5. The van der Waals surface area contributed by atoms with Crippen molar-refractivity contribution < 1.29 is 4.79 Å². The van der Waals surface area contributed by atoms with Crippen molar-refractivity contribution in [3.05, 3.63) is 41.0 Å². The lowest BCUT2D eigenvalue weighted by molar-refractivity contribution is -0.104. The Morgan fingerprint density at radius 3 is 2.87 bits per heavy atom. The van der Waals surface area contributed by atoms with Crippen molar-refractivity contribution in [1.29, 1.82) is 0 Å². The van der Waals surface area contributed by atoms with Crippen LogP contribution in [0.3, 0.4) is 0 Å². The summed E-state index contributed by atoms with van der Waals surface area (Å²) in [5.74, 6) is 0. The number of allylic oxidation sites excluding steroid dienone is 1. The Hall–Kier alpha value is -1.37. The largest absolute Gasteiger partial charge is 0.298 e. The van der Waals surface area contributed by atoms with Crippen LogP contribution in [0.4, 0.5) is 0 Å². The molecule has 0 aliphatic heterocycles. The van der Waals surface area contributed by atoms with Crippen LogP contribution in [0.2, 0.25) is 0 Å². The molecular formula is C14H18O. The van der Waals surface area contributed by atoms with Crippen molar-refractivity contribution in [3.8, 4) is 0 Å². The summed E-state index contributed by atoms with van der Waals surface area (Å²) in [6.07, 6.45) is 6.37. The van der Waals surface area contributed by atoms with Gasteiger partial charge in [-0.2, -0.15) is 0 Å². The smallest absolute Gasteiger partial charge is 0.145 e. The summed E-state index contributed by atoms with van der Waals surface area (Å²) >= 11 is 0. The highest BCUT2D eigenvalue weighted by atomic mass is 16.1. The average Bonchev–Trinajstić information content (AvgIpc) is 2.26. The van der Waals surface area contributed by atoms with E-state index >= 15 is 0 Å². The molecule has 0 saturated carbocycles. The molecule has 1 rings (SSSR count). The molecule has 0 spiro atoms. The van der Waals surface area contributed by atoms with Crippen LogP contribution in [0.15, 0.2) is 29.8 Å². The van der Waals surface area contributed by atoms with Gasteiger partial charge in [-0.05, 0) is 42.5 Å². The monoisotopic (exact) mass is 202 g/mol. The Kier molecular flexibility index (Phi) is 4.82. The molecule has 0 bridgehead atoms. The number of hydrogen-bond donors (Lipinski definition) is 0. The third-order valence-electron chi connectivity index (χ3n) is 2.35. The van der Waals surface area contributed by atoms with Gasteiger partial charge in [-0.1, -0.05) is 37.6 Å². The molecule has 0 amide bonds. The van der Waals surface area contributed by atoms with Crippen LogP contribution >= 0.6 is 0 Å². The number of carbonyl (C=O) groups is 1. The zero-order chi connectivity index (χ0) is 11.1. The summed E-state index contributed by atoms with van der Waals surface area (Å²) in [6.45, 7) is 4.02. The average molecular weight is 202 g/mol. The number of hydrogen-bond acceptors (Lipinski definition) is 1. The van der Waals surface area contributed by atoms with Crippen molar-refractivity contribution in [1.82, 2.24) is 0 Å². The van der Waals surface area contributed by atoms with Gasteiger partial charge in [0.1, 0.15) is 6.29 Å². The standard InChI is InChI=1S/C14H18O/c1-3-4-6-13-7-5-8-14(10-13)9-12(2)11-15/h5,7-11H,3-4,6H2,1-2H3. The fourth-order valence-corrected chi connectivity index (χ4v) is 1.52. The van der Waals surface area contributed by atoms with Gasteiger partial charge in [0.2, 0.25) is 0 Å². The molecule has 0 aromatic heterocycles. The molecule has 0 aliphatic rings. The van der Waals surface area contributed by atoms with Crippen molar-refractivity contribution in [2.24, 2.45) is 0 Å². The number of rotatable bonds is 5. The Morgan fingerprint density at radius 1 is 1.40 bits per heavy atom. The molecule has 0 heterocycles. The van der Waals surface area contributed by atoms with Gasteiger partial charge < -0.3 is 0 Å². The quantitative estimate of drug-likeness (QED) is 0.526.